The molecule has 0 atom stereocenters. The predicted molar refractivity (Wildman–Crippen MR) is 61.3 cm³/mol. The first-order valence-corrected chi connectivity index (χ1v) is 4.73. The van der Waals surface area contributed by atoms with E-state index in [1.165, 1.54) is 25.3 Å². The number of methoxy groups -OCH3 is 1. The average Bonchev–Trinajstić information content (AvgIpc) is 2.28. The highest BCUT2D eigenvalue weighted by molar-refractivity contribution is 5.93. The Morgan fingerprint density at radius 2 is 2.18 bits per heavy atom. The van der Waals surface area contributed by atoms with Crippen molar-refractivity contribution in [1.82, 2.24) is 0 Å². The third-order valence-corrected chi connectivity index (χ3v) is 1.98. The molecule has 0 aliphatic rings. The SMILES string of the molecule is COC(=O)CC#Cc1ccc(C(=O)O)c(N)c1. The molecule has 0 aliphatic heterocycles. The summed E-state index contributed by atoms with van der Waals surface area (Å²) in [6.45, 7) is 0. The molecule has 0 spiro atoms. The molecule has 0 heterocycles. The maximum absolute atomic E-state index is 10.8. The van der Waals surface area contributed by atoms with Crippen LogP contribution >= 0.6 is 0 Å². The first kappa shape index (κ1) is 12.6. The fraction of sp³-hybridized carbons (Fsp3) is 0.167. The van der Waals surface area contributed by atoms with Gasteiger partial charge in [0.2, 0.25) is 0 Å². The van der Waals surface area contributed by atoms with Gasteiger partial charge in [0.05, 0.1) is 12.7 Å². The number of carbonyl (C=O) groups is 2. The van der Waals surface area contributed by atoms with Crippen molar-refractivity contribution in [2.75, 3.05) is 12.8 Å². The molecule has 0 aliphatic carbocycles. The number of carboxylic acids is 1. The van der Waals surface area contributed by atoms with Crippen LogP contribution in [-0.4, -0.2) is 24.2 Å². The maximum atomic E-state index is 10.8. The third kappa shape index (κ3) is 3.54. The Kier molecular flexibility index (Phi) is 4.12. The zero-order valence-corrected chi connectivity index (χ0v) is 9.19. The van der Waals surface area contributed by atoms with Gasteiger partial charge in [-0.2, -0.15) is 0 Å². The van der Waals surface area contributed by atoms with E-state index in [-0.39, 0.29) is 17.7 Å². The van der Waals surface area contributed by atoms with E-state index >= 15 is 0 Å². The minimum atomic E-state index is -1.09. The monoisotopic (exact) mass is 233 g/mol. The molecule has 1 aromatic rings. The van der Waals surface area contributed by atoms with E-state index < -0.39 is 11.9 Å². The lowest BCUT2D eigenvalue weighted by molar-refractivity contribution is -0.139. The van der Waals surface area contributed by atoms with Crippen molar-refractivity contribution in [1.29, 1.82) is 0 Å². The van der Waals surface area contributed by atoms with E-state index in [9.17, 15) is 9.59 Å². The minimum absolute atomic E-state index is 0.0168. The van der Waals surface area contributed by atoms with Gasteiger partial charge in [-0.1, -0.05) is 11.8 Å². The van der Waals surface area contributed by atoms with Crippen LogP contribution in [0.2, 0.25) is 0 Å². The molecular formula is C12H11NO4. The standard InChI is InChI=1S/C12H11NO4/c1-17-11(14)4-2-3-8-5-6-9(12(15)16)10(13)7-8/h5-7H,4,13H2,1H3,(H,15,16). The first-order valence-electron chi connectivity index (χ1n) is 4.73. The second-order valence-corrected chi connectivity index (χ2v) is 3.16. The highest BCUT2D eigenvalue weighted by atomic mass is 16.5. The summed E-state index contributed by atoms with van der Waals surface area (Å²) in [5.74, 6) is 3.78. The Morgan fingerprint density at radius 1 is 1.47 bits per heavy atom. The molecule has 0 amide bonds. The number of carbonyl (C=O) groups excluding carboxylic acids is 1. The van der Waals surface area contributed by atoms with Gasteiger partial charge in [-0.25, -0.2) is 4.79 Å². The van der Waals surface area contributed by atoms with Gasteiger partial charge in [-0.15, -0.1) is 0 Å². The number of esters is 1. The Bertz CT molecular complexity index is 511. The molecule has 1 aromatic carbocycles. The van der Waals surface area contributed by atoms with Crippen LogP contribution in [0.1, 0.15) is 22.3 Å². The van der Waals surface area contributed by atoms with Crippen molar-refractivity contribution < 1.29 is 19.4 Å². The fourth-order valence-corrected chi connectivity index (χ4v) is 1.13. The summed E-state index contributed by atoms with van der Waals surface area (Å²) in [5, 5.41) is 8.76. The van der Waals surface area contributed by atoms with Gasteiger partial charge in [0.1, 0.15) is 6.42 Å². The van der Waals surface area contributed by atoms with Crippen molar-refractivity contribution in [2.45, 2.75) is 6.42 Å². The molecule has 0 fully saturated rings. The number of nitrogens with two attached hydrogens (primary N) is 1. The molecular weight excluding hydrogens is 222 g/mol. The van der Waals surface area contributed by atoms with Gasteiger partial charge in [0.25, 0.3) is 0 Å². The molecule has 0 bridgehead atoms. The zero-order chi connectivity index (χ0) is 12.8. The van der Waals surface area contributed by atoms with Crippen molar-refractivity contribution in [3.05, 3.63) is 29.3 Å². The highest BCUT2D eigenvalue weighted by Gasteiger charge is 2.06. The van der Waals surface area contributed by atoms with Crippen LogP contribution in [0.25, 0.3) is 0 Å². The number of anilines is 1. The van der Waals surface area contributed by atoms with E-state index in [0.29, 0.717) is 5.56 Å². The largest absolute Gasteiger partial charge is 0.478 e. The van der Waals surface area contributed by atoms with Gasteiger partial charge >= 0.3 is 11.9 Å². The number of aromatic carboxylic acids is 1. The molecule has 1 rings (SSSR count). The van der Waals surface area contributed by atoms with E-state index in [4.69, 9.17) is 10.8 Å². The van der Waals surface area contributed by atoms with Crippen molar-refractivity contribution >= 4 is 17.6 Å². The number of carboxylic acid groups (broad SMARTS) is 1. The van der Waals surface area contributed by atoms with Gasteiger partial charge in [0, 0.05) is 11.3 Å². The molecule has 0 aromatic heterocycles. The number of hydrogen-bond acceptors (Lipinski definition) is 4. The van der Waals surface area contributed by atoms with Crippen LogP contribution in [0.3, 0.4) is 0 Å². The smallest absolute Gasteiger partial charge is 0.337 e. The van der Waals surface area contributed by atoms with Gasteiger partial charge in [0.15, 0.2) is 0 Å². The maximum Gasteiger partial charge on any atom is 0.337 e. The van der Waals surface area contributed by atoms with E-state index in [2.05, 4.69) is 16.6 Å². The molecule has 88 valence electrons. The van der Waals surface area contributed by atoms with Crippen molar-refractivity contribution in [3.63, 3.8) is 0 Å². The molecule has 0 saturated heterocycles. The minimum Gasteiger partial charge on any atom is -0.478 e. The molecule has 5 heteroatoms. The number of hydrogen-bond donors (Lipinski definition) is 2. The molecule has 0 saturated carbocycles. The number of benzene rings is 1. The lowest BCUT2D eigenvalue weighted by Crippen LogP contribution is -2.02. The van der Waals surface area contributed by atoms with E-state index in [1.807, 2.05) is 0 Å². The van der Waals surface area contributed by atoms with E-state index in [1.54, 1.807) is 0 Å². The Balaban J connectivity index is 2.84. The molecule has 0 unspecified atom stereocenters. The van der Waals surface area contributed by atoms with Crippen LogP contribution in [-0.2, 0) is 9.53 Å². The topological polar surface area (TPSA) is 89.6 Å². The van der Waals surface area contributed by atoms with Crippen LogP contribution in [0.5, 0.6) is 0 Å². The van der Waals surface area contributed by atoms with Crippen molar-refractivity contribution in [2.24, 2.45) is 0 Å². The average molecular weight is 233 g/mol. The summed E-state index contributed by atoms with van der Waals surface area (Å²) in [4.78, 5) is 21.5. The number of nitrogen functional groups attached to an aromatic ring is 1. The molecule has 3 N–H and O–H groups in total. The molecule has 0 radical (unpaired) electrons. The van der Waals surface area contributed by atoms with Gasteiger partial charge in [-0.05, 0) is 18.2 Å². The van der Waals surface area contributed by atoms with Crippen molar-refractivity contribution in [3.8, 4) is 11.8 Å². The van der Waals surface area contributed by atoms with E-state index in [0.717, 1.165) is 0 Å². The molecule has 5 nitrogen and oxygen atoms in total. The third-order valence-electron chi connectivity index (χ3n) is 1.98. The Labute approximate surface area is 98.2 Å². The lowest BCUT2D eigenvalue weighted by atomic mass is 10.1. The number of ether oxygens (including phenoxy) is 1. The fourth-order valence-electron chi connectivity index (χ4n) is 1.13. The van der Waals surface area contributed by atoms with Crippen LogP contribution in [0.15, 0.2) is 18.2 Å². The normalized spacial score (nSPS) is 9.00. The van der Waals surface area contributed by atoms with Gasteiger partial charge in [-0.3, -0.25) is 4.79 Å². The second-order valence-electron chi connectivity index (χ2n) is 3.16. The first-order chi connectivity index (χ1) is 8.04. The predicted octanol–water partition coefficient (Wildman–Crippen LogP) is 0.882. The summed E-state index contributed by atoms with van der Waals surface area (Å²) in [5.41, 5.74) is 6.26. The lowest BCUT2D eigenvalue weighted by Gasteiger charge is -2.00. The summed E-state index contributed by atoms with van der Waals surface area (Å²) in [7, 11) is 1.28. The summed E-state index contributed by atoms with van der Waals surface area (Å²) in [6.07, 6.45) is -0.0168. The summed E-state index contributed by atoms with van der Waals surface area (Å²) < 4.78 is 4.42. The summed E-state index contributed by atoms with van der Waals surface area (Å²) in [6, 6.07) is 4.36. The summed E-state index contributed by atoms with van der Waals surface area (Å²) >= 11 is 0. The number of rotatable bonds is 2. The Hall–Kier alpha value is -2.48. The van der Waals surface area contributed by atoms with Crippen LogP contribution in [0.4, 0.5) is 5.69 Å². The highest BCUT2D eigenvalue weighted by Crippen LogP contribution is 2.13. The second kappa shape index (κ2) is 5.56. The van der Waals surface area contributed by atoms with Crippen LogP contribution in [0, 0.1) is 11.8 Å². The zero-order valence-electron chi connectivity index (χ0n) is 9.19. The quantitative estimate of drug-likeness (QED) is 0.449. The Morgan fingerprint density at radius 3 is 2.71 bits per heavy atom. The molecule has 17 heavy (non-hydrogen) atoms. The van der Waals surface area contributed by atoms with Gasteiger partial charge < -0.3 is 15.6 Å². The van der Waals surface area contributed by atoms with Crippen LogP contribution < -0.4 is 5.73 Å².